The molecule has 1 aliphatic heterocycles. The number of hydrogen-bond donors (Lipinski definition) is 1. The second kappa shape index (κ2) is 9.14. The Morgan fingerprint density at radius 3 is 2.93 bits per heavy atom. The van der Waals surface area contributed by atoms with Gasteiger partial charge in [0, 0.05) is 24.4 Å². The number of likely N-dealkylation sites (tertiary alicyclic amines) is 1. The highest BCUT2D eigenvalue weighted by atomic mass is 32.1. The largest absolute Gasteiger partial charge is 0.450 e. The van der Waals surface area contributed by atoms with Gasteiger partial charge in [-0.15, -0.1) is 11.3 Å². The smallest absolute Gasteiger partial charge is 0.409 e. The minimum atomic E-state index is -0.378. The Hall–Kier alpha value is -2.48. The van der Waals surface area contributed by atoms with Crippen LogP contribution in [0.25, 0.3) is 0 Å². The Morgan fingerprint density at radius 2 is 2.18 bits per heavy atom. The number of aromatic nitrogens is 1. The lowest BCUT2D eigenvalue weighted by molar-refractivity contribution is -0.121. The van der Waals surface area contributed by atoms with Gasteiger partial charge in [0.25, 0.3) is 0 Å². The summed E-state index contributed by atoms with van der Waals surface area (Å²) in [5.74, 6) is -0.695. The van der Waals surface area contributed by atoms with E-state index in [1.54, 1.807) is 30.0 Å². The lowest BCUT2D eigenvalue weighted by Gasteiger charge is -2.30. The summed E-state index contributed by atoms with van der Waals surface area (Å²) in [6.07, 6.45) is 1.53. The number of anilines is 1. The van der Waals surface area contributed by atoms with Crippen LogP contribution in [0.1, 0.15) is 35.9 Å². The second-order valence-corrected chi connectivity index (χ2v) is 7.85. The average molecular weight is 405 g/mol. The standard InChI is InChI=1S/C20H24FN3O3S/c1-3-27-20(26)24-10-6-8-15(12-24)18(25)23-19-22-13(2)17(28-19)11-14-7-4-5-9-16(14)21/h4-5,7,9,15H,3,6,8,10-12H2,1-2H3,(H,22,23,25). The zero-order valence-electron chi connectivity index (χ0n) is 16.0. The molecule has 6 nitrogen and oxygen atoms in total. The second-order valence-electron chi connectivity index (χ2n) is 6.77. The van der Waals surface area contributed by atoms with Crippen molar-refractivity contribution < 1.29 is 18.7 Å². The van der Waals surface area contributed by atoms with Crippen LogP contribution in [0, 0.1) is 18.7 Å². The predicted octanol–water partition coefficient (Wildman–Crippen LogP) is 3.99. The van der Waals surface area contributed by atoms with Crippen LogP contribution in [0.3, 0.4) is 0 Å². The normalized spacial score (nSPS) is 16.7. The van der Waals surface area contributed by atoms with Crippen LogP contribution >= 0.6 is 11.3 Å². The maximum absolute atomic E-state index is 13.9. The third-order valence-corrected chi connectivity index (χ3v) is 5.82. The molecule has 1 N–H and O–H groups in total. The number of ether oxygens (including phenoxy) is 1. The van der Waals surface area contributed by atoms with Crippen molar-refractivity contribution >= 4 is 28.5 Å². The number of carbonyl (C=O) groups excluding carboxylic acids is 2. The molecule has 0 saturated carbocycles. The van der Waals surface area contributed by atoms with E-state index in [2.05, 4.69) is 10.3 Å². The number of thiazole rings is 1. The predicted molar refractivity (Wildman–Crippen MR) is 106 cm³/mol. The maximum Gasteiger partial charge on any atom is 0.409 e. The van der Waals surface area contributed by atoms with Crippen molar-refractivity contribution in [2.75, 3.05) is 25.0 Å². The first-order valence-corrected chi connectivity index (χ1v) is 10.2. The van der Waals surface area contributed by atoms with E-state index < -0.39 is 0 Å². The summed E-state index contributed by atoms with van der Waals surface area (Å²) in [6.45, 7) is 4.87. The van der Waals surface area contributed by atoms with Gasteiger partial charge in [-0.1, -0.05) is 18.2 Å². The lowest BCUT2D eigenvalue weighted by Crippen LogP contribution is -2.44. The van der Waals surface area contributed by atoms with Crippen molar-refractivity contribution in [1.29, 1.82) is 0 Å². The van der Waals surface area contributed by atoms with Gasteiger partial charge in [-0.2, -0.15) is 0 Å². The Balaban J connectivity index is 1.63. The molecule has 1 aliphatic rings. The quantitative estimate of drug-likeness (QED) is 0.817. The molecule has 0 aliphatic carbocycles. The van der Waals surface area contributed by atoms with Crippen molar-refractivity contribution in [1.82, 2.24) is 9.88 Å². The van der Waals surface area contributed by atoms with E-state index in [9.17, 15) is 14.0 Å². The van der Waals surface area contributed by atoms with Crippen molar-refractivity contribution in [2.45, 2.75) is 33.1 Å². The molecule has 28 heavy (non-hydrogen) atoms. The third kappa shape index (κ3) is 4.86. The summed E-state index contributed by atoms with van der Waals surface area (Å²) < 4.78 is 18.9. The summed E-state index contributed by atoms with van der Waals surface area (Å²) in [4.78, 5) is 31.5. The van der Waals surface area contributed by atoms with Crippen LogP contribution in [-0.2, 0) is 16.0 Å². The molecule has 1 atom stereocenters. The van der Waals surface area contributed by atoms with Gasteiger partial charge < -0.3 is 15.0 Å². The zero-order valence-corrected chi connectivity index (χ0v) is 16.9. The van der Waals surface area contributed by atoms with Crippen LogP contribution in [0.2, 0.25) is 0 Å². The van der Waals surface area contributed by atoms with Crippen LogP contribution in [-0.4, -0.2) is 41.6 Å². The highest BCUT2D eigenvalue weighted by Gasteiger charge is 2.29. The Bertz CT molecular complexity index is 855. The highest BCUT2D eigenvalue weighted by molar-refractivity contribution is 7.15. The first kappa shape index (κ1) is 20.3. The average Bonchev–Trinajstić information content (AvgIpc) is 3.02. The van der Waals surface area contributed by atoms with E-state index in [4.69, 9.17) is 4.74 Å². The van der Waals surface area contributed by atoms with Gasteiger partial charge in [0.05, 0.1) is 18.2 Å². The summed E-state index contributed by atoms with van der Waals surface area (Å²) in [7, 11) is 0. The summed E-state index contributed by atoms with van der Waals surface area (Å²) in [5.41, 5.74) is 1.38. The van der Waals surface area contributed by atoms with Gasteiger partial charge in [-0.25, -0.2) is 14.2 Å². The van der Waals surface area contributed by atoms with Crippen LogP contribution in [0.4, 0.5) is 14.3 Å². The number of nitrogens with zero attached hydrogens (tertiary/aromatic N) is 2. The molecule has 1 unspecified atom stereocenters. The first-order valence-electron chi connectivity index (χ1n) is 9.40. The number of piperidine rings is 1. The van der Waals surface area contributed by atoms with E-state index in [0.29, 0.717) is 43.2 Å². The fraction of sp³-hybridized carbons (Fsp3) is 0.450. The van der Waals surface area contributed by atoms with E-state index in [0.717, 1.165) is 17.0 Å². The van der Waals surface area contributed by atoms with Gasteiger partial charge in [-0.3, -0.25) is 4.79 Å². The molecule has 3 rings (SSSR count). The fourth-order valence-corrected chi connectivity index (χ4v) is 4.23. The van der Waals surface area contributed by atoms with Crippen molar-refractivity contribution in [2.24, 2.45) is 5.92 Å². The molecule has 1 aromatic heterocycles. The number of amides is 2. The summed E-state index contributed by atoms with van der Waals surface area (Å²) in [5, 5.41) is 3.36. The Labute approximate surface area is 167 Å². The molecule has 1 fully saturated rings. The minimum Gasteiger partial charge on any atom is -0.450 e. The summed E-state index contributed by atoms with van der Waals surface area (Å²) in [6, 6.07) is 6.65. The first-order chi connectivity index (χ1) is 13.5. The maximum atomic E-state index is 13.9. The topological polar surface area (TPSA) is 71.5 Å². The molecule has 0 bridgehead atoms. The number of hydrogen-bond acceptors (Lipinski definition) is 5. The fourth-order valence-electron chi connectivity index (χ4n) is 3.24. The molecule has 1 saturated heterocycles. The van der Waals surface area contributed by atoms with Crippen LogP contribution in [0.15, 0.2) is 24.3 Å². The number of rotatable bonds is 5. The SMILES string of the molecule is CCOC(=O)N1CCCC(C(=O)Nc2nc(C)c(Cc3ccccc3F)s2)C1. The molecule has 0 spiro atoms. The lowest BCUT2D eigenvalue weighted by atomic mass is 9.97. The van der Waals surface area contributed by atoms with Crippen molar-refractivity contribution in [3.8, 4) is 0 Å². The molecule has 150 valence electrons. The van der Waals surface area contributed by atoms with Crippen molar-refractivity contribution in [3.63, 3.8) is 0 Å². The Kier molecular flexibility index (Phi) is 6.61. The molecule has 2 aromatic rings. The molecule has 0 radical (unpaired) electrons. The number of nitrogens with one attached hydrogen (secondary N) is 1. The number of carbonyl (C=O) groups is 2. The van der Waals surface area contributed by atoms with Gasteiger partial charge >= 0.3 is 6.09 Å². The van der Waals surface area contributed by atoms with E-state index in [1.807, 2.05) is 6.92 Å². The number of benzene rings is 1. The van der Waals surface area contributed by atoms with Crippen LogP contribution in [0.5, 0.6) is 0 Å². The van der Waals surface area contributed by atoms with Gasteiger partial charge in [-0.05, 0) is 38.3 Å². The molecular formula is C20H24FN3O3S. The van der Waals surface area contributed by atoms with E-state index in [-0.39, 0.29) is 23.7 Å². The molecule has 8 heteroatoms. The minimum absolute atomic E-state index is 0.153. The highest BCUT2D eigenvalue weighted by Crippen LogP contribution is 2.27. The van der Waals surface area contributed by atoms with Crippen molar-refractivity contribution in [3.05, 3.63) is 46.2 Å². The van der Waals surface area contributed by atoms with Gasteiger partial charge in [0.15, 0.2) is 5.13 Å². The Morgan fingerprint density at radius 1 is 1.39 bits per heavy atom. The number of halogens is 1. The number of aryl methyl sites for hydroxylation is 1. The molecule has 2 amide bonds. The molecule has 1 aromatic carbocycles. The van der Waals surface area contributed by atoms with E-state index in [1.165, 1.54) is 17.4 Å². The summed E-state index contributed by atoms with van der Waals surface area (Å²) >= 11 is 1.36. The van der Waals surface area contributed by atoms with Crippen LogP contribution < -0.4 is 5.32 Å². The zero-order chi connectivity index (χ0) is 20.1. The molecule has 2 heterocycles. The van der Waals surface area contributed by atoms with Gasteiger partial charge in [0.1, 0.15) is 5.82 Å². The van der Waals surface area contributed by atoms with Gasteiger partial charge in [0.2, 0.25) is 5.91 Å². The van der Waals surface area contributed by atoms with E-state index >= 15 is 0 Å². The third-order valence-electron chi connectivity index (χ3n) is 4.75. The molecular weight excluding hydrogens is 381 g/mol. The monoisotopic (exact) mass is 405 g/mol.